The molecule has 1 atom stereocenters. The molecular formula is C16H29N3. The number of likely N-dealkylation sites (tertiary alicyclic amines) is 1. The van der Waals surface area contributed by atoms with Crippen molar-refractivity contribution in [1.29, 1.82) is 0 Å². The van der Waals surface area contributed by atoms with Crippen LogP contribution in [-0.4, -0.2) is 30.0 Å². The number of anilines is 1. The van der Waals surface area contributed by atoms with E-state index < -0.39 is 0 Å². The number of nitrogens with two attached hydrogens (primary N) is 1. The van der Waals surface area contributed by atoms with Crippen molar-refractivity contribution in [3.05, 3.63) is 23.9 Å². The van der Waals surface area contributed by atoms with Crippen LogP contribution in [0.3, 0.4) is 0 Å². The monoisotopic (exact) mass is 263 g/mol. The lowest BCUT2D eigenvalue weighted by Gasteiger charge is -2.26. The lowest BCUT2D eigenvalue weighted by molar-refractivity contribution is 0.230. The molecule has 1 saturated heterocycles. The van der Waals surface area contributed by atoms with Gasteiger partial charge in [-0.15, -0.1) is 0 Å². The Hall–Kier alpha value is -1.09. The van der Waals surface area contributed by atoms with Crippen molar-refractivity contribution in [3.8, 4) is 0 Å². The smallest absolute Gasteiger partial charge is 0.126 e. The highest BCUT2D eigenvalue weighted by atomic mass is 15.1. The average Bonchev–Trinajstić information content (AvgIpc) is 2.42. The molecule has 108 valence electrons. The molecule has 0 aliphatic carbocycles. The van der Waals surface area contributed by atoms with E-state index in [2.05, 4.69) is 37.7 Å². The van der Waals surface area contributed by atoms with Gasteiger partial charge < -0.3 is 10.6 Å². The minimum absolute atomic E-state index is 0.517. The maximum absolute atomic E-state index is 5.69. The predicted octanol–water partition coefficient (Wildman–Crippen LogP) is 3.53. The quantitative estimate of drug-likeness (QED) is 0.887. The van der Waals surface area contributed by atoms with E-state index in [1.54, 1.807) is 6.20 Å². The SMILES string of the molecule is CC1CCN(C)CC1.CCC(C)c1cccnc1N. The molecule has 0 radical (unpaired) electrons. The highest BCUT2D eigenvalue weighted by Crippen LogP contribution is 2.21. The van der Waals surface area contributed by atoms with Gasteiger partial charge in [0.15, 0.2) is 0 Å². The number of piperidine rings is 1. The molecule has 0 saturated carbocycles. The van der Waals surface area contributed by atoms with Gasteiger partial charge in [0.25, 0.3) is 0 Å². The second kappa shape index (κ2) is 8.16. The normalized spacial score (nSPS) is 18.5. The molecule has 1 aromatic rings. The number of nitrogens with zero attached hydrogens (tertiary/aromatic N) is 2. The van der Waals surface area contributed by atoms with Gasteiger partial charge in [0.05, 0.1) is 0 Å². The van der Waals surface area contributed by atoms with E-state index >= 15 is 0 Å². The summed E-state index contributed by atoms with van der Waals surface area (Å²) in [6.07, 6.45) is 5.63. The fourth-order valence-electron chi connectivity index (χ4n) is 2.20. The molecule has 2 rings (SSSR count). The zero-order valence-corrected chi connectivity index (χ0v) is 12.9. The van der Waals surface area contributed by atoms with E-state index in [-0.39, 0.29) is 0 Å². The van der Waals surface area contributed by atoms with Gasteiger partial charge in [0, 0.05) is 6.20 Å². The van der Waals surface area contributed by atoms with E-state index in [0.29, 0.717) is 11.7 Å². The molecule has 1 unspecified atom stereocenters. The molecule has 0 bridgehead atoms. The molecule has 2 heterocycles. The topological polar surface area (TPSA) is 42.2 Å². The highest BCUT2D eigenvalue weighted by molar-refractivity contribution is 5.40. The summed E-state index contributed by atoms with van der Waals surface area (Å²) in [5, 5.41) is 0. The van der Waals surface area contributed by atoms with E-state index in [1.807, 2.05) is 12.1 Å². The van der Waals surface area contributed by atoms with Crippen molar-refractivity contribution in [2.45, 2.75) is 46.0 Å². The van der Waals surface area contributed by atoms with Crippen molar-refractivity contribution in [2.75, 3.05) is 25.9 Å². The summed E-state index contributed by atoms with van der Waals surface area (Å²) < 4.78 is 0. The molecular weight excluding hydrogens is 234 g/mol. The molecule has 0 spiro atoms. The first-order chi connectivity index (χ1) is 9.04. The van der Waals surface area contributed by atoms with Crippen LogP contribution >= 0.6 is 0 Å². The number of aromatic nitrogens is 1. The minimum Gasteiger partial charge on any atom is -0.383 e. The number of nitrogen functional groups attached to an aromatic ring is 1. The number of pyridine rings is 1. The van der Waals surface area contributed by atoms with E-state index in [0.717, 1.165) is 17.9 Å². The van der Waals surface area contributed by atoms with Gasteiger partial charge in [0.1, 0.15) is 5.82 Å². The molecule has 2 N–H and O–H groups in total. The predicted molar refractivity (Wildman–Crippen MR) is 83.3 cm³/mol. The molecule has 3 heteroatoms. The van der Waals surface area contributed by atoms with Crippen LogP contribution in [-0.2, 0) is 0 Å². The van der Waals surface area contributed by atoms with Gasteiger partial charge >= 0.3 is 0 Å². The summed E-state index contributed by atoms with van der Waals surface area (Å²) >= 11 is 0. The third-order valence-electron chi connectivity index (χ3n) is 4.02. The van der Waals surface area contributed by atoms with Crippen molar-refractivity contribution < 1.29 is 0 Å². The zero-order valence-electron chi connectivity index (χ0n) is 12.9. The van der Waals surface area contributed by atoms with Crippen LogP contribution < -0.4 is 5.73 Å². The van der Waals surface area contributed by atoms with Crippen molar-refractivity contribution in [1.82, 2.24) is 9.88 Å². The molecule has 1 aliphatic rings. The average molecular weight is 263 g/mol. The van der Waals surface area contributed by atoms with Gasteiger partial charge in [0.2, 0.25) is 0 Å². The fraction of sp³-hybridized carbons (Fsp3) is 0.688. The van der Waals surface area contributed by atoms with Crippen LogP contribution in [0.25, 0.3) is 0 Å². The maximum atomic E-state index is 5.69. The Morgan fingerprint density at radius 3 is 2.53 bits per heavy atom. The third kappa shape index (κ3) is 5.60. The summed E-state index contributed by atoms with van der Waals surface area (Å²) in [5.41, 5.74) is 6.85. The third-order valence-corrected chi connectivity index (χ3v) is 4.02. The van der Waals surface area contributed by atoms with Gasteiger partial charge in [-0.05, 0) is 62.9 Å². The second-order valence-electron chi connectivity index (χ2n) is 5.77. The maximum Gasteiger partial charge on any atom is 0.126 e. The van der Waals surface area contributed by atoms with Gasteiger partial charge in [-0.1, -0.05) is 26.8 Å². The highest BCUT2D eigenvalue weighted by Gasteiger charge is 2.10. The van der Waals surface area contributed by atoms with Gasteiger partial charge in [-0.25, -0.2) is 4.98 Å². The van der Waals surface area contributed by atoms with Crippen molar-refractivity contribution >= 4 is 5.82 Å². The Morgan fingerprint density at radius 1 is 1.42 bits per heavy atom. The Labute approximate surface area is 118 Å². The van der Waals surface area contributed by atoms with Crippen LogP contribution in [0.5, 0.6) is 0 Å². The Morgan fingerprint density at radius 2 is 2.05 bits per heavy atom. The first-order valence-corrected chi connectivity index (χ1v) is 7.43. The Bertz CT molecular complexity index is 347. The van der Waals surface area contributed by atoms with Crippen LogP contribution in [0.2, 0.25) is 0 Å². The Balaban J connectivity index is 0.000000200. The van der Waals surface area contributed by atoms with E-state index in [4.69, 9.17) is 5.73 Å². The molecule has 1 aromatic heterocycles. The fourth-order valence-corrected chi connectivity index (χ4v) is 2.20. The lowest BCUT2D eigenvalue weighted by Crippen LogP contribution is -2.28. The van der Waals surface area contributed by atoms with Crippen LogP contribution in [0.4, 0.5) is 5.82 Å². The van der Waals surface area contributed by atoms with Crippen LogP contribution in [0, 0.1) is 5.92 Å². The lowest BCUT2D eigenvalue weighted by atomic mass is 10.00. The van der Waals surface area contributed by atoms with Crippen LogP contribution in [0.1, 0.15) is 51.5 Å². The summed E-state index contributed by atoms with van der Waals surface area (Å²) in [6, 6.07) is 3.97. The molecule has 1 aliphatic heterocycles. The number of hydrogen-bond acceptors (Lipinski definition) is 3. The Kier molecular flexibility index (Phi) is 6.85. The number of hydrogen-bond donors (Lipinski definition) is 1. The second-order valence-corrected chi connectivity index (χ2v) is 5.77. The zero-order chi connectivity index (χ0) is 14.3. The van der Waals surface area contributed by atoms with Crippen LogP contribution in [0.15, 0.2) is 18.3 Å². The molecule has 3 nitrogen and oxygen atoms in total. The number of rotatable bonds is 2. The van der Waals surface area contributed by atoms with E-state index in [1.165, 1.54) is 25.9 Å². The first kappa shape index (κ1) is 16.0. The summed E-state index contributed by atoms with van der Waals surface area (Å²) in [5.74, 6) is 2.16. The first-order valence-electron chi connectivity index (χ1n) is 7.43. The summed E-state index contributed by atoms with van der Waals surface area (Å²) in [4.78, 5) is 6.43. The molecule has 1 fully saturated rings. The standard InChI is InChI=1S/C9H14N2.C7H15N/c1-3-7(2)8-5-4-6-11-9(8)10;1-7-3-5-8(2)6-4-7/h4-7H,3H2,1-2H3,(H2,10,11);7H,3-6H2,1-2H3. The summed E-state index contributed by atoms with van der Waals surface area (Å²) in [7, 11) is 2.20. The van der Waals surface area contributed by atoms with E-state index in [9.17, 15) is 0 Å². The van der Waals surface area contributed by atoms with Gasteiger partial charge in [-0.2, -0.15) is 0 Å². The molecule has 19 heavy (non-hydrogen) atoms. The van der Waals surface area contributed by atoms with Crippen molar-refractivity contribution in [2.24, 2.45) is 5.92 Å². The minimum atomic E-state index is 0.517. The molecule has 0 amide bonds. The molecule has 0 aromatic carbocycles. The van der Waals surface area contributed by atoms with Gasteiger partial charge in [-0.3, -0.25) is 0 Å². The largest absolute Gasteiger partial charge is 0.383 e. The summed E-state index contributed by atoms with van der Waals surface area (Å²) in [6.45, 7) is 9.26. The van der Waals surface area contributed by atoms with Crippen molar-refractivity contribution in [3.63, 3.8) is 0 Å².